The first-order valence-electron chi connectivity index (χ1n) is 8.86. The van der Waals surface area contributed by atoms with Crippen LogP contribution in [0.2, 0.25) is 0 Å². The predicted octanol–water partition coefficient (Wildman–Crippen LogP) is 3.03. The Morgan fingerprint density at radius 1 is 1.32 bits per heavy atom. The number of aryl methyl sites for hydroxylation is 1. The number of aromatic nitrogens is 4. The van der Waals surface area contributed by atoms with Crippen molar-refractivity contribution in [3.05, 3.63) is 52.2 Å². The van der Waals surface area contributed by atoms with E-state index in [1.165, 1.54) is 16.6 Å². The Morgan fingerprint density at radius 3 is 2.71 bits per heavy atom. The average Bonchev–Trinajstić information content (AvgIpc) is 3.36. The van der Waals surface area contributed by atoms with Crippen LogP contribution in [0.25, 0.3) is 0 Å². The number of rotatable bonds is 9. The SMILES string of the molecule is COc1ccc(CN(C(=O)CSc2nnnn2C)[C@@H](C)Cc2cccs2)cc1. The highest BCUT2D eigenvalue weighted by atomic mass is 32.2. The molecule has 148 valence electrons. The molecule has 3 rings (SSSR count). The number of ether oxygens (including phenoxy) is 1. The number of carbonyl (C=O) groups is 1. The summed E-state index contributed by atoms with van der Waals surface area (Å²) in [6, 6.07) is 12.1. The molecule has 0 saturated heterocycles. The van der Waals surface area contributed by atoms with Crippen LogP contribution >= 0.6 is 23.1 Å². The van der Waals surface area contributed by atoms with Crippen LogP contribution in [0.3, 0.4) is 0 Å². The highest BCUT2D eigenvalue weighted by Crippen LogP contribution is 2.21. The lowest BCUT2D eigenvalue weighted by atomic mass is 10.1. The Balaban J connectivity index is 1.71. The molecule has 1 amide bonds. The van der Waals surface area contributed by atoms with Gasteiger partial charge in [0.1, 0.15) is 5.75 Å². The van der Waals surface area contributed by atoms with Gasteiger partial charge in [0.25, 0.3) is 0 Å². The van der Waals surface area contributed by atoms with E-state index in [1.54, 1.807) is 30.2 Å². The number of amides is 1. The van der Waals surface area contributed by atoms with E-state index in [0.29, 0.717) is 17.5 Å². The van der Waals surface area contributed by atoms with Crippen LogP contribution in [-0.4, -0.2) is 49.9 Å². The van der Waals surface area contributed by atoms with E-state index in [0.717, 1.165) is 17.7 Å². The fourth-order valence-corrected chi connectivity index (χ4v) is 4.36. The third-order valence-corrected chi connectivity index (χ3v) is 6.24. The smallest absolute Gasteiger partial charge is 0.233 e. The van der Waals surface area contributed by atoms with E-state index in [2.05, 4.69) is 33.9 Å². The molecular weight excluding hydrogens is 394 g/mol. The van der Waals surface area contributed by atoms with Crippen molar-refractivity contribution in [2.75, 3.05) is 12.9 Å². The normalized spacial score (nSPS) is 12.0. The molecular formula is C19H23N5O2S2. The van der Waals surface area contributed by atoms with Gasteiger partial charge in [0, 0.05) is 30.9 Å². The molecule has 0 aliphatic rings. The number of thioether (sulfide) groups is 1. The van der Waals surface area contributed by atoms with E-state index in [9.17, 15) is 4.79 Å². The van der Waals surface area contributed by atoms with Gasteiger partial charge in [-0.25, -0.2) is 4.68 Å². The maximum Gasteiger partial charge on any atom is 0.233 e. The van der Waals surface area contributed by atoms with Gasteiger partial charge in [-0.2, -0.15) is 0 Å². The third-order valence-electron chi connectivity index (χ3n) is 4.35. The molecule has 2 heterocycles. The monoisotopic (exact) mass is 417 g/mol. The van der Waals surface area contributed by atoms with Crippen LogP contribution in [-0.2, 0) is 24.8 Å². The van der Waals surface area contributed by atoms with Crippen molar-refractivity contribution in [1.29, 1.82) is 0 Å². The molecule has 2 aromatic heterocycles. The quantitative estimate of drug-likeness (QED) is 0.498. The van der Waals surface area contributed by atoms with Crippen molar-refractivity contribution >= 4 is 29.0 Å². The lowest BCUT2D eigenvalue weighted by Gasteiger charge is -2.29. The van der Waals surface area contributed by atoms with Crippen LogP contribution in [0.5, 0.6) is 5.75 Å². The summed E-state index contributed by atoms with van der Waals surface area (Å²) in [6.45, 7) is 2.64. The zero-order valence-corrected chi connectivity index (χ0v) is 17.7. The van der Waals surface area contributed by atoms with Crippen molar-refractivity contribution in [2.24, 2.45) is 7.05 Å². The predicted molar refractivity (Wildman–Crippen MR) is 111 cm³/mol. The molecule has 1 atom stereocenters. The van der Waals surface area contributed by atoms with Crippen LogP contribution in [0.1, 0.15) is 17.4 Å². The summed E-state index contributed by atoms with van der Waals surface area (Å²) in [5.74, 6) is 1.16. The van der Waals surface area contributed by atoms with Gasteiger partial charge in [-0.15, -0.1) is 16.4 Å². The van der Waals surface area contributed by atoms with Gasteiger partial charge in [-0.3, -0.25) is 4.79 Å². The number of thiophene rings is 1. The second kappa shape index (κ2) is 9.70. The van der Waals surface area contributed by atoms with E-state index in [-0.39, 0.29) is 11.9 Å². The number of methoxy groups -OCH3 is 1. The summed E-state index contributed by atoms with van der Waals surface area (Å²) in [5, 5.41) is 14.1. The number of carbonyl (C=O) groups excluding carboxylic acids is 1. The number of hydrogen-bond donors (Lipinski definition) is 0. The maximum absolute atomic E-state index is 13.1. The minimum Gasteiger partial charge on any atom is -0.497 e. The van der Waals surface area contributed by atoms with E-state index >= 15 is 0 Å². The second-order valence-corrected chi connectivity index (χ2v) is 8.35. The fraction of sp³-hybridized carbons (Fsp3) is 0.368. The van der Waals surface area contributed by atoms with Crippen molar-refractivity contribution in [3.63, 3.8) is 0 Å². The summed E-state index contributed by atoms with van der Waals surface area (Å²) in [4.78, 5) is 16.3. The summed E-state index contributed by atoms with van der Waals surface area (Å²) >= 11 is 3.07. The van der Waals surface area contributed by atoms with Gasteiger partial charge in [0.15, 0.2) is 0 Å². The average molecular weight is 418 g/mol. The first-order chi connectivity index (χ1) is 13.6. The summed E-state index contributed by atoms with van der Waals surface area (Å²) in [5.41, 5.74) is 1.07. The molecule has 28 heavy (non-hydrogen) atoms. The Morgan fingerprint density at radius 2 is 2.11 bits per heavy atom. The Labute approximate surface area is 172 Å². The van der Waals surface area contributed by atoms with Gasteiger partial charge in [-0.05, 0) is 46.5 Å². The van der Waals surface area contributed by atoms with Crippen molar-refractivity contribution in [1.82, 2.24) is 25.1 Å². The zero-order chi connectivity index (χ0) is 19.9. The first kappa shape index (κ1) is 20.3. The van der Waals surface area contributed by atoms with Crippen LogP contribution in [0.15, 0.2) is 46.9 Å². The number of nitrogens with zero attached hydrogens (tertiary/aromatic N) is 5. The van der Waals surface area contributed by atoms with Gasteiger partial charge in [0.05, 0.1) is 12.9 Å². The van der Waals surface area contributed by atoms with Crippen LogP contribution < -0.4 is 4.74 Å². The molecule has 1 aromatic carbocycles. The van der Waals surface area contributed by atoms with Crippen molar-refractivity contribution in [2.45, 2.75) is 31.1 Å². The second-order valence-electron chi connectivity index (χ2n) is 6.38. The van der Waals surface area contributed by atoms with Crippen molar-refractivity contribution < 1.29 is 9.53 Å². The number of tetrazole rings is 1. The lowest BCUT2D eigenvalue weighted by Crippen LogP contribution is -2.40. The maximum atomic E-state index is 13.1. The minimum absolute atomic E-state index is 0.0628. The van der Waals surface area contributed by atoms with Gasteiger partial charge in [0.2, 0.25) is 11.1 Å². The zero-order valence-electron chi connectivity index (χ0n) is 16.1. The molecule has 7 nitrogen and oxygen atoms in total. The van der Waals surface area contributed by atoms with Gasteiger partial charge in [-0.1, -0.05) is 30.0 Å². The molecule has 0 unspecified atom stereocenters. The molecule has 0 fully saturated rings. The molecule has 0 aliphatic heterocycles. The van der Waals surface area contributed by atoms with Gasteiger partial charge >= 0.3 is 0 Å². The molecule has 0 N–H and O–H groups in total. The molecule has 0 bridgehead atoms. The first-order valence-corrected chi connectivity index (χ1v) is 10.7. The summed E-state index contributed by atoms with van der Waals surface area (Å²) in [7, 11) is 3.41. The Bertz CT molecular complexity index is 880. The topological polar surface area (TPSA) is 73.1 Å². The summed E-state index contributed by atoms with van der Waals surface area (Å²) < 4.78 is 6.80. The largest absolute Gasteiger partial charge is 0.497 e. The van der Waals surface area contributed by atoms with E-state index < -0.39 is 0 Å². The Kier molecular flexibility index (Phi) is 7.05. The van der Waals surface area contributed by atoms with Crippen LogP contribution in [0.4, 0.5) is 0 Å². The molecule has 0 aliphatic carbocycles. The molecule has 0 radical (unpaired) electrons. The third kappa shape index (κ3) is 5.32. The highest BCUT2D eigenvalue weighted by Gasteiger charge is 2.22. The van der Waals surface area contributed by atoms with Gasteiger partial charge < -0.3 is 9.64 Å². The number of hydrogen-bond acceptors (Lipinski definition) is 7. The van der Waals surface area contributed by atoms with E-state index in [4.69, 9.17) is 4.74 Å². The highest BCUT2D eigenvalue weighted by molar-refractivity contribution is 7.99. The van der Waals surface area contributed by atoms with E-state index in [1.807, 2.05) is 35.2 Å². The standard InChI is InChI=1S/C19H23N5O2S2/c1-14(11-17-5-4-10-27-17)24(12-15-6-8-16(26-3)9-7-15)18(25)13-28-19-20-21-22-23(19)2/h4-10,14H,11-13H2,1-3H3/t14-/m0/s1. The van der Waals surface area contributed by atoms with Crippen LogP contribution in [0, 0.1) is 0 Å². The fourth-order valence-electron chi connectivity index (χ4n) is 2.80. The molecule has 0 saturated carbocycles. The molecule has 3 aromatic rings. The summed E-state index contributed by atoms with van der Waals surface area (Å²) in [6.07, 6.45) is 0.829. The molecule has 0 spiro atoms. The lowest BCUT2D eigenvalue weighted by molar-refractivity contribution is -0.131. The molecule has 9 heteroatoms. The van der Waals surface area contributed by atoms with Crippen molar-refractivity contribution in [3.8, 4) is 5.75 Å². The minimum atomic E-state index is 0.0628. The number of benzene rings is 1. The Hall–Kier alpha value is -2.39.